The summed E-state index contributed by atoms with van der Waals surface area (Å²) in [4.78, 5) is 4.58. The quantitative estimate of drug-likeness (QED) is 0.354. The number of hydrogen-bond donors (Lipinski definition) is 3. The van der Waals surface area contributed by atoms with Crippen LogP contribution in [0.1, 0.15) is 23.6 Å². The van der Waals surface area contributed by atoms with Gasteiger partial charge >= 0.3 is 0 Å². The number of phenols is 1. The smallest absolute Gasteiger partial charge is 0.191 e. The molecule has 0 radical (unpaired) electrons. The summed E-state index contributed by atoms with van der Waals surface area (Å²) in [7, 11) is 1.54. The van der Waals surface area contributed by atoms with E-state index in [-0.39, 0.29) is 29.7 Å². The molecule has 0 amide bonds. The molecule has 0 aromatic heterocycles. The zero-order valence-corrected chi connectivity index (χ0v) is 17.2. The van der Waals surface area contributed by atoms with E-state index in [0.29, 0.717) is 24.8 Å². The normalized spacial score (nSPS) is 10.8. The third kappa shape index (κ3) is 6.45. The number of aryl methyl sites for hydroxylation is 1. The van der Waals surface area contributed by atoms with Crippen LogP contribution in [-0.4, -0.2) is 24.7 Å². The van der Waals surface area contributed by atoms with Crippen LogP contribution in [0.3, 0.4) is 0 Å². The predicted molar refractivity (Wildman–Crippen MR) is 113 cm³/mol. The zero-order valence-electron chi connectivity index (χ0n) is 14.9. The molecule has 0 fully saturated rings. The van der Waals surface area contributed by atoms with E-state index in [2.05, 4.69) is 46.8 Å². The number of hydrogen-bond acceptors (Lipinski definition) is 3. The van der Waals surface area contributed by atoms with Crippen molar-refractivity contribution in [2.75, 3.05) is 13.7 Å². The SMILES string of the molecule is CCNC(=NCc1ccc(C)cc1)NCc1cccc(OC)c1O.I. The van der Waals surface area contributed by atoms with Crippen LogP contribution < -0.4 is 15.4 Å². The van der Waals surface area contributed by atoms with Crippen LogP contribution in [0.25, 0.3) is 0 Å². The minimum absolute atomic E-state index is 0. The van der Waals surface area contributed by atoms with Gasteiger partial charge in [0.25, 0.3) is 0 Å². The van der Waals surface area contributed by atoms with Gasteiger partial charge in [-0.1, -0.05) is 42.0 Å². The van der Waals surface area contributed by atoms with Crippen molar-refractivity contribution in [3.05, 3.63) is 59.2 Å². The summed E-state index contributed by atoms with van der Waals surface area (Å²) in [6.07, 6.45) is 0. The molecule has 0 bridgehead atoms. The molecule has 0 unspecified atom stereocenters. The summed E-state index contributed by atoms with van der Waals surface area (Å²) in [5, 5.41) is 16.6. The zero-order chi connectivity index (χ0) is 17.4. The van der Waals surface area contributed by atoms with Crippen LogP contribution in [0.5, 0.6) is 11.5 Å². The molecule has 6 heteroatoms. The van der Waals surface area contributed by atoms with Crippen molar-refractivity contribution in [3.8, 4) is 11.5 Å². The van der Waals surface area contributed by atoms with Crippen molar-refractivity contribution >= 4 is 29.9 Å². The van der Waals surface area contributed by atoms with Crippen molar-refractivity contribution in [1.82, 2.24) is 10.6 Å². The van der Waals surface area contributed by atoms with Gasteiger partial charge in [0, 0.05) is 18.7 Å². The van der Waals surface area contributed by atoms with E-state index in [1.165, 1.54) is 5.56 Å². The summed E-state index contributed by atoms with van der Waals surface area (Å²) in [5.41, 5.74) is 3.15. The van der Waals surface area contributed by atoms with Crippen molar-refractivity contribution in [2.45, 2.75) is 26.9 Å². The Morgan fingerprint density at radius 3 is 2.48 bits per heavy atom. The Kier molecular flexibility index (Phi) is 9.12. The predicted octanol–water partition coefficient (Wildman–Crippen LogP) is 3.58. The van der Waals surface area contributed by atoms with Crippen molar-refractivity contribution in [3.63, 3.8) is 0 Å². The van der Waals surface area contributed by atoms with Gasteiger partial charge in [0.2, 0.25) is 0 Å². The largest absolute Gasteiger partial charge is 0.504 e. The van der Waals surface area contributed by atoms with Crippen LogP contribution in [0.2, 0.25) is 0 Å². The number of nitrogens with one attached hydrogen (secondary N) is 2. The number of ether oxygens (including phenoxy) is 1. The summed E-state index contributed by atoms with van der Waals surface area (Å²) in [6.45, 7) is 5.91. The molecule has 0 spiro atoms. The van der Waals surface area contributed by atoms with Crippen LogP contribution in [-0.2, 0) is 13.1 Å². The lowest BCUT2D eigenvalue weighted by Crippen LogP contribution is -2.36. The molecule has 2 aromatic carbocycles. The number of aliphatic imine (C=N–C) groups is 1. The van der Waals surface area contributed by atoms with Crippen LogP contribution in [0.15, 0.2) is 47.5 Å². The third-order valence-corrected chi connectivity index (χ3v) is 3.63. The molecule has 0 heterocycles. The Morgan fingerprint density at radius 1 is 1.12 bits per heavy atom. The van der Waals surface area contributed by atoms with E-state index in [1.54, 1.807) is 13.2 Å². The Hall–Kier alpha value is -1.96. The van der Waals surface area contributed by atoms with Gasteiger partial charge in [-0.05, 0) is 25.5 Å². The second kappa shape index (κ2) is 10.8. The Labute approximate surface area is 166 Å². The van der Waals surface area contributed by atoms with Crippen molar-refractivity contribution < 1.29 is 9.84 Å². The molecule has 2 aromatic rings. The van der Waals surface area contributed by atoms with Gasteiger partial charge < -0.3 is 20.5 Å². The molecule has 0 aliphatic heterocycles. The lowest BCUT2D eigenvalue weighted by atomic mass is 10.1. The molecular formula is C19H26IN3O2. The highest BCUT2D eigenvalue weighted by Crippen LogP contribution is 2.29. The number of nitrogens with zero attached hydrogens (tertiary/aromatic N) is 1. The Balaban J connectivity index is 0.00000312. The number of methoxy groups -OCH3 is 1. The summed E-state index contributed by atoms with van der Waals surface area (Å²) >= 11 is 0. The average molecular weight is 455 g/mol. The molecule has 5 nitrogen and oxygen atoms in total. The number of aromatic hydroxyl groups is 1. The molecule has 0 saturated carbocycles. The van der Waals surface area contributed by atoms with Gasteiger partial charge in [-0.15, -0.1) is 24.0 Å². The molecule has 3 N–H and O–H groups in total. The van der Waals surface area contributed by atoms with Gasteiger partial charge in [0.1, 0.15) is 0 Å². The first-order chi connectivity index (χ1) is 11.6. The van der Waals surface area contributed by atoms with E-state index in [1.807, 2.05) is 19.1 Å². The number of phenolic OH excluding ortho intramolecular Hbond substituents is 1. The molecular weight excluding hydrogens is 429 g/mol. The lowest BCUT2D eigenvalue weighted by Gasteiger charge is -2.13. The first kappa shape index (κ1) is 21.1. The maximum atomic E-state index is 10.1. The van der Waals surface area contributed by atoms with Crippen LogP contribution in [0, 0.1) is 6.92 Å². The van der Waals surface area contributed by atoms with E-state index in [0.717, 1.165) is 17.7 Å². The van der Waals surface area contributed by atoms with Gasteiger partial charge in [-0.3, -0.25) is 0 Å². The fourth-order valence-corrected chi connectivity index (χ4v) is 2.26. The van der Waals surface area contributed by atoms with Crippen LogP contribution in [0.4, 0.5) is 0 Å². The highest BCUT2D eigenvalue weighted by atomic mass is 127. The number of para-hydroxylation sites is 1. The molecule has 2 rings (SSSR count). The van der Waals surface area contributed by atoms with Gasteiger partial charge in [0.05, 0.1) is 13.7 Å². The first-order valence-corrected chi connectivity index (χ1v) is 8.06. The highest BCUT2D eigenvalue weighted by Gasteiger charge is 2.07. The molecule has 0 aliphatic carbocycles. The van der Waals surface area contributed by atoms with E-state index in [9.17, 15) is 5.11 Å². The van der Waals surface area contributed by atoms with Crippen molar-refractivity contribution in [1.29, 1.82) is 0 Å². The average Bonchev–Trinajstić information content (AvgIpc) is 2.60. The fraction of sp³-hybridized carbons (Fsp3) is 0.316. The van der Waals surface area contributed by atoms with Crippen LogP contribution >= 0.6 is 24.0 Å². The summed E-state index contributed by atoms with van der Waals surface area (Å²) in [5.74, 6) is 1.33. The molecule has 0 aliphatic rings. The van der Waals surface area contributed by atoms with E-state index < -0.39 is 0 Å². The maximum Gasteiger partial charge on any atom is 0.191 e. The number of benzene rings is 2. The van der Waals surface area contributed by atoms with E-state index >= 15 is 0 Å². The van der Waals surface area contributed by atoms with Gasteiger partial charge in [0.15, 0.2) is 17.5 Å². The van der Waals surface area contributed by atoms with E-state index in [4.69, 9.17) is 4.74 Å². The monoisotopic (exact) mass is 455 g/mol. The molecule has 0 saturated heterocycles. The second-order valence-corrected chi connectivity index (χ2v) is 5.50. The number of halogens is 1. The highest BCUT2D eigenvalue weighted by molar-refractivity contribution is 14.0. The molecule has 136 valence electrons. The Bertz CT molecular complexity index is 688. The molecule has 0 atom stereocenters. The van der Waals surface area contributed by atoms with Gasteiger partial charge in [-0.2, -0.15) is 0 Å². The Morgan fingerprint density at radius 2 is 1.84 bits per heavy atom. The minimum atomic E-state index is 0. The number of guanidine groups is 1. The van der Waals surface area contributed by atoms with Gasteiger partial charge in [-0.25, -0.2) is 4.99 Å². The summed E-state index contributed by atoms with van der Waals surface area (Å²) < 4.78 is 5.13. The fourth-order valence-electron chi connectivity index (χ4n) is 2.26. The lowest BCUT2D eigenvalue weighted by molar-refractivity contribution is 0.370. The maximum absolute atomic E-state index is 10.1. The summed E-state index contributed by atoms with van der Waals surface area (Å²) in [6, 6.07) is 13.8. The molecule has 25 heavy (non-hydrogen) atoms. The minimum Gasteiger partial charge on any atom is -0.504 e. The second-order valence-electron chi connectivity index (χ2n) is 5.50. The first-order valence-electron chi connectivity index (χ1n) is 8.06. The van der Waals surface area contributed by atoms with Crippen molar-refractivity contribution in [2.24, 2.45) is 4.99 Å². The number of rotatable bonds is 6. The standard InChI is InChI=1S/C19H25N3O2.HI/c1-4-20-19(21-12-15-10-8-14(2)9-11-15)22-13-16-6-5-7-17(24-3)18(16)23;/h5-11,23H,4,12-13H2,1-3H3,(H2,20,21,22);1H. The topological polar surface area (TPSA) is 65.9 Å². The third-order valence-electron chi connectivity index (χ3n) is 3.63.